The number of hydrogen-bond donors (Lipinski definition) is 2. The van der Waals surface area contributed by atoms with Gasteiger partial charge in [0.15, 0.2) is 11.5 Å². The topological polar surface area (TPSA) is 89.9 Å². The lowest BCUT2D eigenvalue weighted by molar-refractivity contribution is -0.143. The predicted molar refractivity (Wildman–Crippen MR) is 172 cm³/mol. The summed E-state index contributed by atoms with van der Waals surface area (Å²) < 4.78 is 18.3. The Balaban J connectivity index is 1.25. The fourth-order valence-electron chi connectivity index (χ4n) is 7.34. The van der Waals surface area contributed by atoms with Gasteiger partial charge in [0.1, 0.15) is 11.3 Å². The lowest BCUT2D eigenvalue weighted by atomic mass is 9.82. The van der Waals surface area contributed by atoms with E-state index in [2.05, 4.69) is 36.3 Å². The Labute approximate surface area is 265 Å². The first-order valence-electron chi connectivity index (χ1n) is 16.1. The van der Waals surface area contributed by atoms with Gasteiger partial charge in [0, 0.05) is 35.1 Å². The van der Waals surface area contributed by atoms with Crippen molar-refractivity contribution in [2.45, 2.75) is 96.3 Å². The molecule has 7 nitrogen and oxygen atoms in total. The average Bonchev–Trinajstić information content (AvgIpc) is 3.37. The van der Waals surface area contributed by atoms with Gasteiger partial charge in [-0.15, -0.1) is 0 Å². The number of halogens is 1. The molecule has 0 radical (unpaired) electrons. The van der Waals surface area contributed by atoms with Crippen molar-refractivity contribution in [1.82, 2.24) is 4.98 Å². The summed E-state index contributed by atoms with van der Waals surface area (Å²) in [5.41, 5.74) is 4.35. The number of fused-ring (bicyclic) bond motifs is 3. The largest absolute Gasteiger partial charge is 0.493 e. The first-order valence-corrected chi connectivity index (χ1v) is 16.4. The van der Waals surface area contributed by atoms with Gasteiger partial charge < -0.3 is 24.6 Å². The number of benzene rings is 2. The van der Waals surface area contributed by atoms with Gasteiger partial charge in [0.25, 0.3) is 0 Å². The number of aryl methyl sites for hydroxylation is 2. The minimum atomic E-state index is -1.14. The molecule has 2 aliphatic carbocycles. The fourth-order valence-corrected chi connectivity index (χ4v) is 7.53. The summed E-state index contributed by atoms with van der Waals surface area (Å²) in [6.45, 7) is 7.00. The van der Waals surface area contributed by atoms with Gasteiger partial charge in [-0.25, -0.2) is 4.79 Å². The maximum absolute atomic E-state index is 13.1. The van der Waals surface area contributed by atoms with Gasteiger partial charge in [-0.2, -0.15) is 0 Å². The number of carboxylic acid groups (broad SMARTS) is 1. The van der Waals surface area contributed by atoms with Crippen molar-refractivity contribution < 1.29 is 24.1 Å². The van der Waals surface area contributed by atoms with Gasteiger partial charge in [-0.05, 0) is 123 Å². The quantitative estimate of drug-likeness (QED) is 0.263. The molecule has 2 heterocycles. The number of aromatic nitrogens is 1. The Morgan fingerprint density at radius 2 is 1.91 bits per heavy atom. The molecule has 8 heteroatoms. The number of carboxylic acids is 1. The number of anilines is 1. The smallest absolute Gasteiger partial charge is 0.329 e. The van der Waals surface area contributed by atoms with E-state index in [9.17, 15) is 9.90 Å². The molecule has 0 amide bonds. The average molecular weight is 619 g/mol. The molecule has 3 aliphatic rings. The SMILES string of the molecule is CC1Oc2cc3c(cc2O1)C[C@H](C[C@@H](C)COc1ccnc2c1[C@H](C)CCC2)CC[C@@](Nc1cccc(Cl)c1)(C(=O)O)CC3. The van der Waals surface area contributed by atoms with Crippen LogP contribution in [0.25, 0.3) is 0 Å². The maximum atomic E-state index is 13.1. The highest BCUT2D eigenvalue weighted by molar-refractivity contribution is 6.30. The second-order valence-corrected chi connectivity index (χ2v) is 13.6. The van der Waals surface area contributed by atoms with Crippen molar-refractivity contribution in [2.75, 3.05) is 11.9 Å². The van der Waals surface area contributed by atoms with E-state index in [0.717, 1.165) is 54.9 Å². The van der Waals surface area contributed by atoms with Gasteiger partial charge in [0.05, 0.1) is 6.61 Å². The molecule has 6 rings (SSSR count). The standard InChI is InChI=1S/C36H43ClN2O5/c1-22(21-42-31-12-15-38-30-9-4-6-23(2)34(30)31)16-25-10-13-36(35(40)41,39-29-8-5-7-28(37)20-29)14-11-26-18-32-33(19-27(26)17-25)44-24(3)43-32/h5,7-8,12,15,18-20,22-25,39H,4,6,9-11,13-14,16-17,21H2,1-3H3,(H,40,41)/t22-,23-,24?,25+,36+/m1/s1. The zero-order chi connectivity index (χ0) is 30.8. The Morgan fingerprint density at radius 1 is 1.11 bits per heavy atom. The normalized spacial score (nSPS) is 25.0. The highest BCUT2D eigenvalue weighted by atomic mass is 35.5. The van der Waals surface area contributed by atoms with Crippen LogP contribution in [0.1, 0.15) is 87.6 Å². The third kappa shape index (κ3) is 6.63. The molecule has 2 aromatic carbocycles. The lowest BCUT2D eigenvalue weighted by Gasteiger charge is -2.33. The summed E-state index contributed by atoms with van der Waals surface area (Å²) in [4.78, 5) is 17.7. The summed E-state index contributed by atoms with van der Waals surface area (Å²) in [6, 6.07) is 13.5. The monoisotopic (exact) mass is 618 g/mol. The molecule has 5 atom stereocenters. The van der Waals surface area contributed by atoms with Crippen molar-refractivity contribution in [3.8, 4) is 17.2 Å². The number of carbonyl (C=O) groups is 1. The van der Waals surface area contributed by atoms with E-state index in [-0.39, 0.29) is 18.1 Å². The zero-order valence-electron chi connectivity index (χ0n) is 25.9. The van der Waals surface area contributed by atoms with E-state index in [1.54, 1.807) is 12.1 Å². The molecule has 0 spiro atoms. The number of nitrogens with one attached hydrogen (secondary N) is 1. The Hall–Kier alpha value is -3.45. The molecule has 1 aromatic heterocycles. The van der Waals surface area contributed by atoms with E-state index in [1.165, 1.54) is 23.2 Å². The minimum absolute atomic E-state index is 0.258. The molecule has 0 bridgehead atoms. The van der Waals surface area contributed by atoms with Crippen molar-refractivity contribution in [1.29, 1.82) is 0 Å². The predicted octanol–water partition coefficient (Wildman–Crippen LogP) is 8.22. The molecule has 44 heavy (non-hydrogen) atoms. The van der Waals surface area contributed by atoms with E-state index in [4.69, 9.17) is 25.8 Å². The Bertz CT molecular complexity index is 1510. The van der Waals surface area contributed by atoms with Crippen LogP contribution in [0, 0.1) is 11.8 Å². The van der Waals surface area contributed by atoms with Gasteiger partial charge >= 0.3 is 5.97 Å². The van der Waals surface area contributed by atoms with Crippen molar-refractivity contribution in [3.05, 3.63) is 76.1 Å². The molecule has 234 valence electrons. The van der Waals surface area contributed by atoms with Gasteiger partial charge in [-0.1, -0.05) is 31.5 Å². The van der Waals surface area contributed by atoms with E-state index >= 15 is 0 Å². The lowest BCUT2D eigenvalue weighted by Crippen LogP contribution is -2.47. The van der Waals surface area contributed by atoms with Crippen LogP contribution in [0.3, 0.4) is 0 Å². The van der Waals surface area contributed by atoms with Crippen LogP contribution < -0.4 is 19.5 Å². The number of rotatable bonds is 8. The first kappa shape index (κ1) is 30.6. The molecule has 3 aromatic rings. The van der Waals surface area contributed by atoms with Crippen molar-refractivity contribution in [2.24, 2.45) is 11.8 Å². The van der Waals surface area contributed by atoms with Crippen molar-refractivity contribution >= 4 is 23.3 Å². The molecular formula is C36H43ClN2O5. The van der Waals surface area contributed by atoms with Crippen LogP contribution >= 0.6 is 11.6 Å². The van der Waals surface area contributed by atoms with Crippen LogP contribution in [0.2, 0.25) is 5.02 Å². The maximum Gasteiger partial charge on any atom is 0.329 e. The summed E-state index contributed by atoms with van der Waals surface area (Å²) >= 11 is 6.28. The number of pyridine rings is 1. The zero-order valence-corrected chi connectivity index (χ0v) is 26.7. The molecule has 0 saturated heterocycles. The molecular weight excluding hydrogens is 576 g/mol. The number of ether oxygens (including phenoxy) is 3. The number of nitrogens with zero attached hydrogens (tertiary/aromatic N) is 1. The Kier molecular flexibility index (Phi) is 8.95. The second-order valence-electron chi connectivity index (χ2n) is 13.1. The highest BCUT2D eigenvalue weighted by Gasteiger charge is 2.40. The van der Waals surface area contributed by atoms with Crippen LogP contribution in [-0.4, -0.2) is 34.5 Å². The van der Waals surface area contributed by atoms with Gasteiger partial charge in [-0.3, -0.25) is 4.98 Å². The highest BCUT2D eigenvalue weighted by Crippen LogP contribution is 2.42. The van der Waals surface area contributed by atoms with Crippen molar-refractivity contribution in [3.63, 3.8) is 0 Å². The summed E-state index contributed by atoms with van der Waals surface area (Å²) in [5.74, 6) is 2.61. The molecule has 1 aliphatic heterocycles. The van der Waals surface area contributed by atoms with Crippen LogP contribution in [0.4, 0.5) is 5.69 Å². The Morgan fingerprint density at radius 3 is 2.68 bits per heavy atom. The third-order valence-corrected chi connectivity index (χ3v) is 9.85. The van der Waals surface area contributed by atoms with E-state index in [1.807, 2.05) is 31.3 Å². The van der Waals surface area contributed by atoms with E-state index < -0.39 is 11.5 Å². The number of hydrogen-bond acceptors (Lipinski definition) is 6. The number of aliphatic carboxylic acids is 1. The molecule has 0 fully saturated rings. The fraction of sp³-hybridized carbons (Fsp3) is 0.500. The van der Waals surface area contributed by atoms with Crippen LogP contribution in [0.5, 0.6) is 17.2 Å². The summed E-state index contributed by atoms with van der Waals surface area (Å²) in [5, 5.41) is 14.7. The van der Waals surface area contributed by atoms with Crippen LogP contribution in [0.15, 0.2) is 48.7 Å². The summed E-state index contributed by atoms with van der Waals surface area (Å²) in [7, 11) is 0. The third-order valence-electron chi connectivity index (χ3n) is 9.61. The molecule has 2 N–H and O–H groups in total. The van der Waals surface area contributed by atoms with Crippen LogP contribution in [-0.2, 0) is 24.1 Å². The molecule has 1 unspecified atom stereocenters. The summed E-state index contributed by atoms with van der Waals surface area (Å²) in [6.07, 6.45) is 8.96. The van der Waals surface area contributed by atoms with Gasteiger partial charge in [0.2, 0.25) is 6.29 Å². The molecule has 0 saturated carbocycles. The second kappa shape index (κ2) is 12.9. The first-order chi connectivity index (χ1) is 21.2. The van der Waals surface area contributed by atoms with E-state index in [0.29, 0.717) is 42.5 Å². The minimum Gasteiger partial charge on any atom is -0.493 e.